The highest BCUT2D eigenvalue weighted by Gasteiger charge is 2.16. The highest BCUT2D eigenvalue weighted by molar-refractivity contribution is 6.01. The molecule has 25 heavy (non-hydrogen) atoms. The molecule has 0 bridgehead atoms. The minimum absolute atomic E-state index is 0.105. The maximum Gasteiger partial charge on any atom is 0.297 e. The fourth-order valence-corrected chi connectivity index (χ4v) is 2.94. The summed E-state index contributed by atoms with van der Waals surface area (Å²) in [6.07, 6.45) is 2.17. The van der Waals surface area contributed by atoms with Crippen LogP contribution in [0.3, 0.4) is 0 Å². The predicted octanol–water partition coefficient (Wildman–Crippen LogP) is 1.63. The van der Waals surface area contributed by atoms with Gasteiger partial charge in [0.2, 0.25) is 11.5 Å². The van der Waals surface area contributed by atoms with Crippen molar-refractivity contribution < 1.29 is 9.21 Å². The Hall–Kier alpha value is -2.67. The van der Waals surface area contributed by atoms with Gasteiger partial charge in [-0.05, 0) is 24.5 Å². The van der Waals surface area contributed by atoms with Crippen LogP contribution in [0, 0.1) is 5.92 Å². The van der Waals surface area contributed by atoms with Crippen LogP contribution in [-0.4, -0.2) is 28.0 Å². The SMILES string of the molecule is CC(C)CC(CN)NC(=O)Cn1cnc2c(oc3ccccc32)c1=O. The summed E-state index contributed by atoms with van der Waals surface area (Å²) in [6.45, 7) is 4.38. The second-order valence-corrected chi connectivity index (χ2v) is 6.58. The van der Waals surface area contributed by atoms with Crippen molar-refractivity contribution in [2.45, 2.75) is 32.9 Å². The zero-order valence-corrected chi connectivity index (χ0v) is 14.4. The molecule has 132 valence electrons. The van der Waals surface area contributed by atoms with Crippen LogP contribution < -0.4 is 16.6 Å². The second kappa shape index (κ2) is 7.06. The van der Waals surface area contributed by atoms with Crippen molar-refractivity contribution in [2.75, 3.05) is 6.54 Å². The third-order valence-electron chi connectivity index (χ3n) is 4.07. The number of amides is 1. The molecule has 3 rings (SSSR count). The number of aromatic nitrogens is 2. The van der Waals surface area contributed by atoms with Gasteiger partial charge >= 0.3 is 0 Å². The lowest BCUT2D eigenvalue weighted by Crippen LogP contribution is -2.43. The van der Waals surface area contributed by atoms with Gasteiger partial charge in [-0.15, -0.1) is 0 Å². The minimum atomic E-state index is -0.371. The van der Waals surface area contributed by atoms with Crippen molar-refractivity contribution in [3.05, 3.63) is 40.9 Å². The molecule has 2 heterocycles. The number of rotatable bonds is 6. The molecule has 0 aliphatic heterocycles. The number of fused-ring (bicyclic) bond motifs is 3. The van der Waals surface area contributed by atoms with Crippen LogP contribution in [0.25, 0.3) is 22.1 Å². The fraction of sp³-hybridized carbons (Fsp3) is 0.389. The highest BCUT2D eigenvalue weighted by Crippen LogP contribution is 2.23. The molecule has 1 atom stereocenters. The summed E-state index contributed by atoms with van der Waals surface area (Å²) in [5.74, 6) is 0.153. The molecule has 7 heteroatoms. The lowest BCUT2D eigenvalue weighted by atomic mass is 10.0. The first-order chi connectivity index (χ1) is 12.0. The number of carbonyl (C=O) groups is 1. The highest BCUT2D eigenvalue weighted by atomic mass is 16.3. The van der Waals surface area contributed by atoms with E-state index in [9.17, 15) is 9.59 Å². The maximum absolute atomic E-state index is 12.6. The predicted molar refractivity (Wildman–Crippen MR) is 96.2 cm³/mol. The molecule has 1 amide bonds. The zero-order chi connectivity index (χ0) is 18.0. The van der Waals surface area contributed by atoms with Crippen molar-refractivity contribution in [3.8, 4) is 0 Å². The van der Waals surface area contributed by atoms with Crippen LogP contribution in [-0.2, 0) is 11.3 Å². The van der Waals surface area contributed by atoms with Gasteiger partial charge in [-0.25, -0.2) is 4.98 Å². The molecule has 3 N–H and O–H groups in total. The average molecular weight is 342 g/mol. The van der Waals surface area contributed by atoms with Crippen LogP contribution in [0.1, 0.15) is 20.3 Å². The molecule has 7 nitrogen and oxygen atoms in total. The third-order valence-corrected chi connectivity index (χ3v) is 4.07. The molecular formula is C18H22N4O3. The van der Waals surface area contributed by atoms with Gasteiger partial charge in [-0.2, -0.15) is 0 Å². The van der Waals surface area contributed by atoms with Gasteiger partial charge in [0.25, 0.3) is 5.56 Å². The van der Waals surface area contributed by atoms with E-state index in [4.69, 9.17) is 10.2 Å². The van der Waals surface area contributed by atoms with Gasteiger partial charge < -0.3 is 15.5 Å². The first-order valence-corrected chi connectivity index (χ1v) is 8.35. The lowest BCUT2D eigenvalue weighted by molar-refractivity contribution is -0.122. The smallest absolute Gasteiger partial charge is 0.297 e. The lowest BCUT2D eigenvalue weighted by Gasteiger charge is -2.19. The van der Waals surface area contributed by atoms with E-state index in [0.717, 1.165) is 11.8 Å². The van der Waals surface area contributed by atoms with E-state index in [-0.39, 0.29) is 29.6 Å². The number of hydrogen-bond donors (Lipinski definition) is 2. The Morgan fingerprint density at radius 3 is 2.84 bits per heavy atom. The number of hydrogen-bond acceptors (Lipinski definition) is 5. The number of furan rings is 1. The molecule has 0 saturated heterocycles. The number of nitrogens with two attached hydrogens (primary N) is 1. The van der Waals surface area contributed by atoms with Crippen molar-refractivity contribution >= 4 is 28.0 Å². The number of carbonyl (C=O) groups excluding carboxylic acids is 1. The van der Waals surface area contributed by atoms with Gasteiger partial charge in [-0.1, -0.05) is 26.0 Å². The summed E-state index contributed by atoms with van der Waals surface area (Å²) in [4.78, 5) is 29.1. The van der Waals surface area contributed by atoms with Crippen molar-refractivity contribution in [1.82, 2.24) is 14.9 Å². The van der Waals surface area contributed by atoms with Crippen molar-refractivity contribution in [2.24, 2.45) is 11.7 Å². The number of nitrogens with one attached hydrogen (secondary N) is 1. The first kappa shape index (κ1) is 17.2. The molecule has 0 aliphatic rings. The molecule has 0 aliphatic carbocycles. The van der Waals surface area contributed by atoms with Crippen LogP contribution in [0.5, 0.6) is 0 Å². The minimum Gasteiger partial charge on any atom is -0.448 e. The van der Waals surface area contributed by atoms with Crippen LogP contribution in [0.15, 0.2) is 39.8 Å². The average Bonchev–Trinajstić information content (AvgIpc) is 2.96. The van der Waals surface area contributed by atoms with Gasteiger partial charge in [0.05, 0.1) is 6.33 Å². The number of benzene rings is 1. The van der Waals surface area contributed by atoms with Crippen LogP contribution in [0.2, 0.25) is 0 Å². The Bertz CT molecular complexity index is 958. The van der Waals surface area contributed by atoms with Gasteiger partial charge in [0.15, 0.2) is 0 Å². The summed E-state index contributed by atoms with van der Waals surface area (Å²) in [7, 11) is 0. The summed E-state index contributed by atoms with van der Waals surface area (Å²) in [5.41, 5.74) is 6.60. The van der Waals surface area contributed by atoms with Gasteiger partial charge in [0.1, 0.15) is 17.6 Å². The molecule has 0 spiro atoms. The summed E-state index contributed by atoms with van der Waals surface area (Å²) in [5, 5.41) is 3.65. The summed E-state index contributed by atoms with van der Waals surface area (Å²) < 4.78 is 6.87. The van der Waals surface area contributed by atoms with Crippen LogP contribution >= 0.6 is 0 Å². The largest absolute Gasteiger partial charge is 0.448 e. The zero-order valence-electron chi connectivity index (χ0n) is 14.4. The Labute approximate surface area is 144 Å². The van der Waals surface area contributed by atoms with E-state index < -0.39 is 0 Å². The Morgan fingerprint density at radius 2 is 2.12 bits per heavy atom. The molecule has 0 saturated carbocycles. The molecule has 1 unspecified atom stereocenters. The maximum atomic E-state index is 12.6. The van der Waals surface area contributed by atoms with E-state index in [1.165, 1.54) is 10.9 Å². The van der Waals surface area contributed by atoms with E-state index in [2.05, 4.69) is 24.1 Å². The monoisotopic (exact) mass is 342 g/mol. The Morgan fingerprint density at radius 1 is 1.36 bits per heavy atom. The summed E-state index contributed by atoms with van der Waals surface area (Å²) in [6, 6.07) is 7.22. The van der Waals surface area contributed by atoms with Crippen molar-refractivity contribution in [3.63, 3.8) is 0 Å². The van der Waals surface area contributed by atoms with Crippen LogP contribution in [0.4, 0.5) is 0 Å². The Kier molecular flexibility index (Phi) is 4.85. The van der Waals surface area contributed by atoms with E-state index in [1.807, 2.05) is 18.2 Å². The summed E-state index contributed by atoms with van der Waals surface area (Å²) >= 11 is 0. The molecule has 0 fully saturated rings. The Balaban J connectivity index is 1.84. The van der Waals surface area contributed by atoms with Gasteiger partial charge in [-0.3, -0.25) is 14.2 Å². The number of para-hydroxylation sites is 1. The standard InChI is InChI=1S/C18H22N4O3/c1-11(2)7-12(8-19)21-15(23)9-22-10-20-16-13-5-3-4-6-14(13)25-17(16)18(22)24/h3-6,10-12H,7-9,19H2,1-2H3,(H,21,23). The normalized spacial score (nSPS) is 12.8. The molecule has 0 radical (unpaired) electrons. The third kappa shape index (κ3) is 3.56. The quantitative estimate of drug-likeness (QED) is 0.709. The van der Waals surface area contributed by atoms with Gasteiger partial charge in [0, 0.05) is 18.0 Å². The first-order valence-electron chi connectivity index (χ1n) is 8.35. The van der Waals surface area contributed by atoms with Crippen molar-refractivity contribution in [1.29, 1.82) is 0 Å². The molecule has 1 aromatic carbocycles. The molecular weight excluding hydrogens is 320 g/mol. The fourth-order valence-electron chi connectivity index (χ4n) is 2.94. The number of nitrogens with zero attached hydrogens (tertiary/aromatic N) is 2. The van der Waals surface area contributed by atoms with E-state index >= 15 is 0 Å². The van der Waals surface area contributed by atoms with E-state index in [1.54, 1.807) is 6.07 Å². The topological polar surface area (TPSA) is 103 Å². The molecule has 3 aromatic rings. The second-order valence-electron chi connectivity index (χ2n) is 6.58. The van der Waals surface area contributed by atoms with E-state index in [0.29, 0.717) is 23.6 Å². The molecule has 2 aromatic heterocycles.